The first kappa shape index (κ1) is 17.9. The van der Waals surface area contributed by atoms with Gasteiger partial charge in [0.2, 0.25) is 0 Å². The molecule has 0 saturated heterocycles. The molecule has 0 aliphatic rings. The maximum Gasteiger partial charge on any atom is 0.269 e. The number of fused-ring (bicyclic) bond motifs is 3. The fourth-order valence-electron chi connectivity index (χ4n) is 3.26. The lowest BCUT2D eigenvalue weighted by Crippen LogP contribution is -2.13. The number of aromatic nitrogens is 3. The van der Waals surface area contributed by atoms with Crippen LogP contribution in [0.4, 0.5) is 4.39 Å². The second kappa shape index (κ2) is 6.28. The zero-order chi connectivity index (χ0) is 19.3. The second-order valence-corrected chi connectivity index (χ2v) is 8.42. The normalized spacial score (nSPS) is 12.1. The molecule has 0 saturated carbocycles. The second-order valence-electron chi connectivity index (χ2n) is 6.24. The Bertz CT molecular complexity index is 1300. The number of halogens is 2. The first-order chi connectivity index (χ1) is 12.8. The molecule has 8 heteroatoms. The van der Waals surface area contributed by atoms with E-state index >= 15 is 0 Å². The predicted molar refractivity (Wildman–Crippen MR) is 103 cm³/mol. The number of hydrogen-bond acceptors (Lipinski definition) is 4. The molecule has 0 radical (unpaired) electrons. The number of hydrogen-bond donors (Lipinski definition) is 0. The summed E-state index contributed by atoms with van der Waals surface area (Å²) in [4.78, 5) is 8.24. The SMILES string of the molecule is CCc1c(F)cnc2c1c1cc(Cl)ncc1n2S(=O)(=O)c1ccc(C)cc1. The summed E-state index contributed by atoms with van der Waals surface area (Å²) in [5.41, 5.74) is 1.80. The van der Waals surface area contributed by atoms with Gasteiger partial charge >= 0.3 is 0 Å². The van der Waals surface area contributed by atoms with Crippen LogP contribution in [0, 0.1) is 12.7 Å². The standard InChI is InChI=1S/C19H15ClFN3O2S/c1-3-13-15(21)9-23-19-18(13)14-8-17(20)22-10-16(14)24(19)27(25,26)12-6-4-11(2)5-7-12/h4-10H,3H2,1-2H3. The van der Waals surface area contributed by atoms with Crippen molar-refractivity contribution in [2.24, 2.45) is 0 Å². The van der Waals surface area contributed by atoms with E-state index in [4.69, 9.17) is 11.6 Å². The minimum Gasteiger partial charge on any atom is -0.242 e. The Morgan fingerprint density at radius 2 is 1.85 bits per heavy atom. The molecular formula is C19H15ClFN3O2S. The van der Waals surface area contributed by atoms with Crippen LogP contribution in [0.1, 0.15) is 18.1 Å². The Hall–Kier alpha value is -2.51. The topological polar surface area (TPSA) is 64.8 Å². The smallest absolute Gasteiger partial charge is 0.242 e. The van der Waals surface area contributed by atoms with Crippen LogP contribution in [0.5, 0.6) is 0 Å². The summed E-state index contributed by atoms with van der Waals surface area (Å²) in [5, 5.41) is 1.14. The monoisotopic (exact) mass is 403 g/mol. The molecule has 0 N–H and O–H groups in total. The molecule has 0 aliphatic carbocycles. The highest BCUT2D eigenvalue weighted by Crippen LogP contribution is 2.35. The van der Waals surface area contributed by atoms with Crippen LogP contribution in [-0.2, 0) is 16.4 Å². The van der Waals surface area contributed by atoms with Crippen LogP contribution in [0.25, 0.3) is 21.9 Å². The van der Waals surface area contributed by atoms with E-state index in [1.807, 2.05) is 6.92 Å². The summed E-state index contributed by atoms with van der Waals surface area (Å²) in [7, 11) is -3.97. The minimum absolute atomic E-state index is 0.117. The average molecular weight is 404 g/mol. The van der Waals surface area contributed by atoms with E-state index < -0.39 is 15.8 Å². The highest BCUT2D eigenvalue weighted by Gasteiger charge is 2.26. The van der Waals surface area contributed by atoms with Gasteiger partial charge in [0, 0.05) is 16.3 Å². The maximum absolute atomic E-state index is 14.4. The lowest BCUT2D eigenvalue weighted by atomic mass is 10.1. The van der Waals surface area contributed by atoms with Gasteiger partial charge in [0.25, 0.3) is 10.0 Å². The van der Waals surface area contributed by atoms with Gasteiger partial charge in [-0.05, 0) is 31.5 Å². The molecule has 4 rings (SSSR count). The van der Waals surface area contributed by atoms with Crippen molar-refractivity contribution in [3.05, 3.63) is 64.8 Å². The fraction of sp³-hybridized carbons (Fsp3) is 0.158. The molecule has 27 heavy (non-hydrogen) atoms. The first-order valence-electron chi connectivity index (χ1n) is 8.30. The molecule has 1 aromatic carbocycles. The van der Waals surface area contributed by atoms with Crippen LogP contribution >= 0.6 is 11.6 Å². The summed E-state index contributed by atoms with van der Waals surface area (Å²) in [6, 6.07) is 8.06. The molecule has 0 amide bonds. The third kappa shape index (κ3) is 2.69. The Morgan fingerprint density at radius 1 is 1.15 bits per heavy atom. The molecule has 3 aromatic heterocycles. The fourth-order valence-corrected chi connectivity index (χ4v) is 4.87. The lowest BCUT2D eigenvalue weighted by Gasteiger charge is -2.09. The van der Waals surface area contributed by atoms with E-state index in [1.165, 1.54) is 18.3 Å². The molecule has 0 bridgehead atoms. The van der Waals surface area contributed by atoms with Gasteiger partial charge in [-0.1, -0.05) is 36.2 Å². The zero-order valence-corrected chi connectivity index (χ0v) is 16.1. The largest absolute Gasteiger partial charge is 0.269 e. The van der Waals surface area contributed by atoms with Gasteiger partial charge in [-0.2, -0.15) is 0 Å². The van der Waals surface area contributed by atoms with E-state index in [9.17, 15) is 12.8 Å². The summed E-state index contributed by atoms with van der Waals surface area (Å²) in [6.45, 7) is 3.68. The number of aryl methyl sites for hydroxylation is 2. The summed E-state index contributed by atoms with van der Waals surface area (Å²) in [5.74, 6) is -0.482. The van der Waals surface area contributed by atoms with Gasteiger partial charge < -0.3 is 0 Å². The molecule has 4 aromatic rings. The van der Waals surface area contributed by atoms with Gasteiger partial charge in [0.1, 0.15) is 11.0 Å². The number of rotatable bonds is 3. The van der Waals surface area contributed by atoms with Crippen LogP contribution in [0.3, 0.4) is 0 Å². The number of nitrogens with zero attached hydrogens (tertiary/aromatic N) is 3. The first-order valence-corrected chi connectivity index (χ1v) is 10.1. The van der Waals surface area contributed by atoms with Crippen LogP contribution < -0.4 is 0 Å². The molecule has 0 spiro atoms. The van der Waals surface area contributed by atoms with Gasteiger partial charge in [-0.3, -0.25) is 0 Å². The van der Waals surface area contributed by atoms with E-state index in [0.29, 0.717) is 28.3 Å². The van der Waals surface area contributed by atoms with Gasteiger partial charge in [-0.15, -0.1) is 0 Å². The van der Waals surface area contributed by atoms with Gasteiger partial charge in [-0.25, -0.2) is 26.7 Å². The Balaban J connectivity index is 2.19. The highest BCUT2D eigenvalue weighted by molar-refractivity contribution is 7.90. The van der Waals surface area contributed by atoms with Crippen molar-refractivity contribution in [2.75, 3.05) is 0 Å². The summed E-state index contributed by atoms with van der Waals surface area (Å²) < 4.78 is 42.2. The van der Waals surface area contributed by atoms with Crippen LogP contribution in [0.2, 0.25) is 5.15 Å². The van der Waals surface area contributed by atoms with Crippen molar-refractivity contribution in [3.63, 3.8) is 0 Å². The van der Waals surface area contributed by atoms with E-state index in [2.05, 4.69) is 9.97 Å². The lowest BCUT2D eigenvalue weighted by molar-refractivity contribution is 0.589. The molecule has 0 aliphatic heterocycles. The molecule has 0 fully saturated rings. The average Bonchev–Trinajstić information content (AvgIpc) is 2.96. The van der Waals surface area contributed by atoms with Crippen molar-refractivity contribution >= 4 is 43.6 Å². The molecule has 0 unspecified atom stereocenters. The highest BCUT2D eigenvalue weighted by atomic mass is 35.5. The van der Waals surface area contributed by atoms with E-state index in [1.54, 1.807) is 25.1 Å². The molecule has 5 nitrogen and oxygen atoms in total. The van der Waals surface area contributed by atoms with Crippen LogP contribution in [-0.4, -0.2) is 22.4 Å². The zero-order valence-electron chi connectivity index (χ0n) is 14.6. The van der Waals surface area contributed by atoms with Crippen LogP contribution in [0.15, 0.2) is 47.6 Å². The van der Waals surface area contributed by atoms with Crippen molar-refractivity contribution in [1.29, 1.82) is 0 Å². The van der Waals surface area contributed by atoms with E-state index in [0.717, 1.165) is 15.7 Å². The predicted octanol–water partition coefficient (Wildman–Crippen LogP) is 4.48. The third-order valence-corrected chi connectivity index (χ3v) is 6.48. The Labute approximate surface area is 160 Å². The quantitative estimate of drug-likeness (QED) is 0.473. The number of pyridine rings is 2. The molecule has 138 valence electrons. The summed E-state index contributed by atoms with van der Waals surface area (Å²) >= 11 is 6.03. The van der Waals surface area contributed by atoms with Crippen molar-refractivity contribution in [3.8, 4) is 0 Å². The summed E-state index contributed by atoms with van der Waals surface area (Å²) in [6.07, 6.45) is 2.81. The molecular weight excluding hydrogens is 389 g/mol. The van der Waals surface area contributed by atoms with Gasteiger partial charge in [0.15, 0.2) is 5.65 Å². The third-order valence-electron chi connectivity index (χ3n) is 4.56. The Kier molecular flexibility index (Phi) is 4.16. The maximum atomic E-state index is 14.4. The van der Waals surface area contributed by atoms with Crippen molar-refractivity contribution in [2.45, 2.75) is 25.2 Å². The van der Waals surface area contributed by atoms with Crippen molar-refractivity contribution < 1.29 is 12.8 Å². The van der Waals surface area contributed by atoms with E-state index in [-0.39, 0.29) is 15.7 Å². The van der Waals surface area contributed by atoms with Crippen molar-refractivity contribution in [1.82, 2.24) is 13.9 Å². The Morgan fingerprint density at radius 3 is 2.52 bits per heavy atom. The minimum atomic E-state index is -3.97. The molecule has 3 heterocycles. The number of benzene rings is 1. The van der Waals surface area contributed by atoms with Gasteiger partial charge in [0.05, 0.1) is 22.8 Å². The molecule has 0 atom stereocenters.